The molecule has 0 amide bonds. The Bertz CT molecular complexity index is 619. The molecule has 4 atom stereocenters. The second-order valence-electron chi connectivity index (χ2n) is 5.54. The molecular weight excluding hydrogens is 270 g/mol. The van der Waals surface area contributed by atoms with Gasteiger partial charge in [-0.2, -0.15) is 0 Å². The molecule has 2 heterocycles. The zero-order valence-electron chi connectivity index (χ0n) is 14.5. The van der Waals surface area contributed by atoms with E-state index in [0.29, 0.717) is 12.0 Å². The number of ether oxygens (including phenoxy) is 2. The largest absolute Gasteiger partial charge is 0.469 e. The van der Waals surface area contributed by atoms with E-state index in [4.69, 9.17) is 8.85 Å². The van der Waals surface area contributed by atoms with E-state index >= 15 is 0 Å². The Kier molecular flexibility index (Phi) is 3.01. The normalized spacial score (nSPS) is 33.4. The van der Waals surface area contributed by atoms with Gasteiger partial charge in [0.15, 0.2) is 0 Å². The third kappa shape index (κ3) is 2.78. The van der Waals surface area contributed by atoms with Crippen molar-refractivity contribution >= 4 is 11.9 Å². The molecule has 2 aliphatic heterocycles. The van der Waals surface area contributed by atoms with E-state index in [-0.39, 0.29) is 12.1 Å². The van der Waals surface area contributed by atoms with Crippen LogP contribution in [0.1, 0.15) is 33.7 Å². The van der Waals surface area contributed by atoms with Gasteiger partial charge in [-0.3, -0.25) is 4.79 Å². The van der Waals surface area contributed by atoms with Crippen molar-refractivity contribution in [3.05, 3.63) is 35.9 Å². The van der Waals surface area contributed by atoms with Gasteiger partial charge in [0.1, 0.15) is 12.0 Å². The maximum Gasteiger partial charge on any atom is 0.338 e. The molecule has 3 rings (SSSR count). The van der Waals surface area contributed by atoms with Crippen molar-refractivity contribution in [2.24, 2.45) is 5.92 Å². The predicted octanol–water partition coefficient (Wildman–Crippen LogP) is 1.53. The minimum atomic E-state index is -2.81. The fourth-order valence-electron chi connectivity index (χ4n) is 3.29. The predicted molar refractivity (Wildman–Crippen MR) is 75.7 cm³/mol. The molecule has 0 saturated carbocycles. The molecule has 1 aromatic rings. The van der Waals surface area contributed by atoms with E-state index in [1.807, 2.05) is 0 Å². The zero-order valence-corrected chi connectivity index (χ0v) is 11.5. The molecular formula is C16H19NO4. The maximum atomic E-state index is 12.3. The number of methoxy groups -OCH3 is 1. The Labute approximate surface area is 127 Å². The van der Waals surface area contributed by atoms with E-state index in [2.05, 4.69) is 10.1 Å². The third-order valence-corrected chi connectivity index (χ3v) is 4.27. The molecule has 1 N–H and O–H groups in total. The van der Waals surface area contributed by atoms with Crippen molar-refractivity contribution in [2.45, 2.75) is 37.5 Å². The van der Waals surface area contributed by atoms with Crippen molar-refractivity contribution in [1.82, 2.24) is 5.32 Å². The van der Waals surface area contributed by atoms with Gasteiger partial charge in [-0.15, -0.1) is 0 Å². The lowest BCUT2D eigenvalue weighted by Crippen LogP contribution is -2.53. The topological polar surface area (TPSA) is 64.6 Å². The average molecular weight is 292 g/mol. The van der Waals surface area contributed by atoms with E-state index in [9.17, 15) is 9.59 Å². The molecule has 0 spiro atoms. The number of hydrogen-bond donors (Lipinski definition) is 1. The summed E-state index contributed by atoms with van der Waals surface area (Å²) in [5, 5.41) is 3.27. The van der Waals surface area contributed by atoms with Crippen LogP contribution in [0.3, 0.4) is 0 Å². The van der Waals surface area contributed by atoms with Gasteiger partial charge in [0, 0.05) is 18.5 Å². The zero-order chi connectivity index (χ0) is 17.3. The number of benzene rings is 1. The number of carbonyl (C=O) groups excluding carboxylic acids is 2. The molecule has 21 heavy (non-hydrogen) atoms. The lowest BCUT2D eigenvalue weighted by atomic mass is 9.89. The first kappa shape index (κ1) is 10.8. The average Bonchev–Trinajstić information content (AvgIpc) is 2.88. The number of hydrogen-bond acceptors (Lipinski definition) is 5. The lowest BCUT2D eigenvalue weighted by molar-refractivity contribution is -0.152. The number of piperidine rings is 1. The molecule has 4 unspecified atom stereocenters. The van der Waals surface area contributed by atoms with E-state index < -0.39 is 31.0 Å². The van der Waals surface area contributed by atoms with Gasteiger partial charge < -0.3 is 14.8 Å². The molecule has 0 radical (unpaired) electrons. The lowest BCUT2D eigenvalue weighted by Gasteiger charge is -2.35. The highest BCUT2D eigenvalue weighted by Crippen LogP contribution is 2.34. The summed E-state index contributed by atoms with van der Waals surface area (Å²) in [5.41, 5.74) is 0.395. The van der Waals surface area contributed by atoms with Gasteiger partial charge in [-0.05, 0) is 25.0 Å². The molecule has 1 aromatic carbocycles. The summed E-state index contributed by atoms with van der Waals surface area (Å²) in [7, 11) is -2.81. The van der Waals surface area contributed by atoms with Crippen molar-refractivity contribution < 1.29 is 23.2 Å². The summed E-state index contributed by atoms with van der Waals surface area (Å²) in [6.07, 6.45) is 1.37. The van der Waals surface area contributed by atoms with Gasteiger partial charge >= 0.3 is 11.9 Å². The standard InChI is InChI=1S/C16H19NO4/c1-20-16(19)14-12-8-7-11(17-12)9-13(14)21-15(18)10-5-3-2-4-6-10/h2-6,11-14,17H,7-9H2,1H3/i1D3. The van der Waals surface area contributed by atoms with Crippen LogP contribution in [0.4, 0.5) is 0 Å². The van der Waals surface area contributed by atoms with Crippen molar-refractivity contribution in [1.29, 1.82) is 0 Å². The van der Waals surface area contributed by atoms with Crippen LogP contribution in [0.15, 0.2) is 30.3 Å². The van der Waals surface area contributed by atoms with Gasteiger partial charge in [0.25, 0.3) is 0 Å². The van der Waals surface area contributed by atoms with Gasteiger partial charge in [0.05, 0.1) is 16.7 Å². The first-order valence-electron chi connectivity index (χ1n) is 8.58. The Hall–Kier alpha value is -1.88. The Morgan fingerprint density at radius 3 is 2.86 bits per heavy atom. The first-order chi connectivity index (χ1) is 11.3. The van der Waals surface area contributed by atoms with E-state index in [1.165, 1.54) is 0 Å². The monoisotopic (exact) mass is 292 g/mol. The SMILES string of the molecule is [2H]C([2H])([2H])OC(=O)C1C2CCC(CC1OC(=O)c1ccccc1)N2. The molecule has 2 bridgehead atoms. The van der Waals surface area contributed by atoms with Crippen molar-refractivity contribution in [3.8, 4) is 0 Å². The van der Waals surface area contributed by atoms with Gasteiger partial charge in [-0.1, -0.05) is 18.2 Å². The Morgan fingerprint density at radius 1 is 1.29 bits per heavy atom. The van der Waals surface area contributed by atoms with Crippen LogP contribution in [-0.2, 0) is 14.3 Å². The van der Waals surface area contributed by atoms with Crippen LogP contribution in [0.25, 0.3) is 0 Å². The molecule has 2 fully saturated rings. The number of rotatable bonds is 3. The highest BCUT2D eigenvalue weighted by Gasteiger charge is 2.47. The summed E-state index contributed by atoms with van der Waals surface area (Å²) in [6, 6.07) is 8.44. The van der Waals surface area contributed by atoms with Gasteiger partial charge in [0.2, 0.25) is 0 Å². The summed E-state index contributed by atoms with van der Waals surface area (Å²) in [5.74, 6) is -2.18. The number of fused-ring (bicyclic) bond motifs is 2. The van der Waals surface area contributed by atoms with Crippen LogP contribution in [0.2, 0.25) is 0 Å². The molecule has 2 aliphatic rings. The summed E-state index contributed by atoms with van der Waals surface area (Å²) >= 11 is 0. The third-order valence-electron chi connectivity index (χ3n) is 4.27. The van der Waals surface area contributed by atoms with E-state index in [1.54, 1.807) is 30.3 Å². The van der Waals surface area contributed by atoms with Crippen LogP contribution >= 0.6 is 0 Å². The minimum absolute atomic E-state index is 0.167. The highest BCUT2D eigenvalue weighted by molar-refractivity contribution is 5.89. The number of nitrogens with one attached hydrogen (secondary N) is 1. The number of esters is 2. The maximum absolute atomic E-state index is 12.3. The molecule has 5 nitrogen and oxygen atoms in total. The Balaban J connectivity index is 1.76. The second-order valence-corrected chi connectivity index (χ2v) is 5.54. The molecule has 2 saturated heterocycles. The van der Waals surface area contributed by atoms with Crippen molar-refractivity contribution in [2.75, 3.05) is 7.04 Å². The van der Waals surface area contributed by atoms with Gasteiger partial charge in [-0.25, -0.2) is 4.79 Å². The second kappa shape index (κ2) is 5.85. The van der Waals surface area contributed by atoms with E-state index in [0.717, 1.165) is 12.8 Å². The Morgan fingerprint density at radius 2 is 2.10 bits per heavy atom. The first-order valence-corrected chi connectivity index (χ1v) is 7.08. The summed E-state index contributed by atoms with van der Waals surface area (Å²) < 4.78 is 31.5. The molecule has 112 valence electrons. The fourth-order valence-corrected chi connectivity index (χ4v) is 3.29. The smallest absolute Gasteiger partial charge is 0.338 e. The quantitative estimate of drug-likeness (QED) is 0.856. The van der Waals surface area contributed by atoms with Crippen LogP contribution in [0.5, 0.6) is 0 Å². The molecule has 5 heteroatoms. The van der Waals surface area contributed by atoms with Crippen LogP contribution < -0.4 is 5.32 Å². The van der Waals surface area contributed by atoms with Crippen LogP contribution in [0, 0.1) is 5.92 Å². The fraction of sp³-hybridized carbons (Fsp3) is 0.500. The van der Waals surface area contributed by atoms with Crippen molar-refractivity contribution in [3.63, 3.8) is 0 Å². The minimum Gasteiger partial charge on any atom is -0.469 e. The highest BCUT2D eigenvalue weighted by atomic mass is 16.6. The summed E-state index contributed by atoms with van der Waals surface area (Å²) in [4.78, 5) is 24.6. The summed E-state index contributed by atoms with van der Waals surface area (Å²) in [6.45, 7) is 0. The molecule has 0 aromatic heterocycles. The van der Waals surface area contributed by atoms with Crippen LogP contribution in [-0.4, -0.2) is 37.2 Å². The number of carbonyl (C=O) groups is 2. The molecule has 0 aliphatic carbocycles.